The fourth-order valence-electron chi connectivity index (χ4n) is 1.56. The normalized spacial score (nSPS) is 10.7. The number of aromatic hydroxyl groups is 1. The summed E-state index contributed by atoms with van der Waals surface area (Å²) in [6, 6.07) is 6.68. The van der Waals surface area contributed by atoms with Crippen LogP contribution in [0.5, 0.6) is 5.75 Å². The van der Waals surface area contributed by atoms with Gasteiger partial charge < -0.3 is 5.11 Å². The van der Waals surface area contributed by atoms with E-state index in [-0.39, 0.29) is 5.75 Å². The fraction of sp³-hybridized carbons (Fsp3) is 0. The summed E-state index contributed by atoms with van der Waals surface area (Å²) in [6.45, 7) is 0. The number of rotatable bonds is 0. The van der Waals surface area contributed by atoms with E-state index in [0.717, 1.165) is 0 Å². The summed E-state index contributed by atoms with van der Waals surface area (Å²) in [6.07, 6.45) is 1.42. The molecule has 3 aromatic rings. The standard InChI is InChI=1S/C10H5N5O/c11-4-6-5-12-15-9-3-7(16)1-2-8(9)13-14-10(6)15/h1-3,5,16H. The molecule has 0 fully saturated rings. The lowest BCUT2D eigenvalue weighted by Crippen LogP contribution is -1.96. The van der Waals surface area contributed by atoms with E-state index in [1.165, 1.54) is 22.8 Å². The maximum absolute atomic E-state index is 9.40. The van der Waals surface area contributed by atoms with Crippen molar-refractivity contribution in [3.63, 3.8) is 0 Å². The summed E-state index contributed by atoms with van der Waals surface area (Å²) in [5, 5.41) is 30.1. The van der Waals surface area contributed by atoms with Crippen LogP contribution >= 0.6 is 0 Å². The van der Waals surface area contributed by atoms with Crippen molar-refractivity contribution in [2.24, 2.45) is 0 Å². The van der Waals surface area contributed by atoms with Gasteiger partial charge in [-0.2, -0.15) is 10.4 Å². The van der Waals surface area contributed by atoms with Crippen molar-refractivity contribution in [2.45, 2.75) is 0 Å². The largest absolute Gasteiger partial charge is 0.508 e. The first-order valence-electron chi connectivity index (χ1n) is 4.53. The van der Waals surface area contributed by atoms with Crippen molar-refractivity contribution >= 4 is 16.7 Å². The maximum Gasteiger partial charge on any atom is 0.195 e. The minimum Gasteiger partial charge on any atom is -0.508 e. The Morgan fingerprint density at radius 2 is 2.19 bits per heavy atom. The molecule has 16 heavy (non-hydrogen) atoms. The summed E-state index contributed by atoms with van der Waals surface area (Å²) in [4.78, 5) is 0. The lowest BCUT2D eigenvalue weighted by atomic mass is 10.3. The Hall–Kier alpha value is -2.68. The van der Waals surface area contributed by atoms with E-state index in [9.17, 15) is 5.11 Å². The van der Waals surface area contributed by atoms with Crippen molar-refractivity contribution < 1.29 is 5.11 Å². The highest BCUT2D eigenvalue weighted by molar-refractivity contribution is 5.78. The third-order valence-corrected chi connectivity index (χ3v) is 2.30. The molecule has 0 amide bonds. The van der Waals surface area contributed by atoms with Crippen LogP contribution in [0.25, 0.3) is 16.7 Å². The molecule has 3 rings (SSSR count). The second kappa shape index (κ2) is 2.90. The number of benzene rings is 1. The number of hydrogen-bond acceptors (Lipinski definition) is 5. The van der Waals surface area contributed by atoms with Gasteiger partial charge in [0, 0.05) is 6.07 Å². The van der Waals surface area contributed by atoms with Crippen LogP contribution in [-0.4, -0.2) is 24.9 Å². The fourth-order valence-corrected chi connectivity index (χ4v) is 1.56. The smallest absolute Gasteiger partial charge is 0.195 e. The second-order valence-corrected chi connectivity index (χ2v) is 3.28. The van der Waals surface area contributed by atoms with Crippen LogP contribution in [0.1, 0.15) is 5.56 Å². The molecule has 0 unspecified atom stereocenters. The van der Waals surface area contributed by atoms with E-state index in [1.807, 2.05) is 6.07 Å². The third-order valence-electron chi connectivity index (χ3n) is 2.30. The summed E-state index contributed by atoms with van der Waals surface area (Å²) in [5.41, 5.74) is 1.97. The van der Waals surface area contributed by atoms with Crippen molar-refractivity contribution in [1.29, 1.82) is 5.26 Å². The number of nitriles is 1. The minimum atomic E-state index is 0.121. The van der Waals surface area contributed by atoms with Crippen molar-refractivity contribution in [2.75, 3.05) is 0 Å². The number of hydrogen-bond donors (Lipinski definition) is 1. The van der Waals surface area contributed by atoms with E-state index < -0.39 is 0 Å². The molecule has 0 spiro atoms. The number of phenolic OH excluding ortho intramolecular Hbond substituents is 1. The first-order valence-corrected chi connectivity index (χ1v) is 4.53. The molecule has 1 aromatic carbocycles. The number of phenols is 1. The Bertz CT molecular complexity index is 740. The molecule has 2 heterocycles. The zero-order valence-corrected chi connectivity index (χ0v) is 7.99. The monoisotopic (exact) mass is 211 g/mol. The Labute approximate surface area is 89.4 Å². The highest BCUT2D eigenvalue weighted by Crippen LogP contribution is 2.19. The van der Waals surface area contributed by atoms with Gasteiger partial charge in [-0.1, -0.05) is 0 Å². The van der Waals surface area contributed by atoms with Gasteiger partial charge in [0.1, 0.15) is 22.9 Å². The molecule has 1 N–H and O–H groups in total. The summed E-state index contributed by atoms with van der Waals surface area (Å²) >= 11 is 0. The molecule has 6 heteroatoms. The SMILES string of the molecule is N#Cc1cnn2c1nnc1ccc(O)cc12. The van der Waals surface area contributed by atoms with Crippen LogP contribution in [-0.2, 0) is 0 Å². The first-order chi connectivity index (χ1) is 7.79. The zero-order valence-electron chi connectivity index (χ0n) is 7.99. The minimum absolute atomic E-state index is 0.121. The van der Waals surface area contributed by atoms with Crippen molar-refractivity contribution in [1.82, 2.24) is 19.8 Å². The van der Waals surface area contributed by atoms with Gasteiger partial charge in [0.05, 0.1) is 11.7 Å². The van der Waals surface area contributed by atoms with Crippen molar-refractivity contribution in [3.05, 3.63) is 30.0 Å². The third kappa shape index (κ3) is 1.02. The number of nitrogens with zero attached hydrogens (tertiary/aromatic N) is 5. The second-order valence-electron chi connectivity index (χ2n) is 3.28. The van der Waals surface area contributed by atoms with Gasteiger partial charge in [-0.05, 0) is 12.1 Å². The molecular formula is C10H5N5O. The summed E-state index contributed by atoms with van der Waals surface area (Å²) in [5.74, 6) is 0.121. The van der Waals surface area contributed by atoms with Gasteiger partial charge in [-0.25, -0.2) is 4.52 Å². The van der Waals surface area contributed by atoms with Gasteiger partial charge in [0.15, 0.2) is 5.65 Å². The van der Waals surface area contributed by atoms with E-state index >= 15 is 0 Å². The van der Waals surface area contributed by atoms with Crippen LogP contribution in [0.3, 0.4) is 0 Å². The summed E-state index contributed by atoms with van der Waals surface area (Å²) in [7, 11) is 0. The van der Waals surface area contributed by atoms with E-state index in [4.69, 9.17) is 5.26 Å². The van der Waals surface area contributed by atoms with Crippen LogP contribution < -0.4 is 0 Å². The number of fused-ring (bicyclic) bond motifs is 3. The average Bonchev–Trinajstić information content (AvgIpc) is 2.72. The lowest BCUT2D eigenvalue weighted by molar-refractivity contribution is 0.476. The van der Waals surface area contributed by atoms with Gasteiger partial charge >= 0.3 is 0 Å². The molecule has 0 atom stereocenters. The maximum atomic E-state index is 9.40. The molecule has 0 aliphatic heterocycles. The van der Waals surface area contributed by atoms with Gasteiger partial charge in [-0.3, -0.25) is 0 Å². The molecule has 76 valence electrons. The number of aromatic nitrogens is 4. The van der Waals surface area contributed by atoms with Crippen LogP contribution in [0.4, 0.5) is 0 Å². The molecule has 0 aliphatic rings. The quantitative estimate of drug-likeness (QED) is 0.595. The zero-order chi connectivity index (χ0) is 11.1. The van der Waals surface area contributed by atoms with Gasteiger partial charge in [0.2, 0.25) is 0 Å². The predicted molar refractivity (Wildman–Crippen MR) is 54.7 cm³/mol. The van der Waals surface area contributed by atoms with E-state index in [2.05, 4.69) is 15.3 Å². The molecular weight excluding hydrogens is 206 g/mol. The van der Waals surface area contributed by atoms with E-state index in [0.29, 0.717) is 22.2 Å². The molecule has 0 bridgehead atoms. The molecule has 6 nitrogen and oxygen atoms in total. The predicted octanol–water partition coefficient (Wildman–Crippen LogP) is 0.855. The van der Waals surface area contributed by atoms with Crippen LogP contribution in [0.2, 0.25) is 0 Å². The Morgan fingerprint density at radius 1 is 1.31 bits per heavy atom. The molecule has 0 aliphatic carbocycles. The first kappa shape index (κ1) is 8.61. The molecule has 0 radical (unpaired) electrons. The Balaban J connectivity index is 2.54. The van der Waals surface area contributed by atoms with Gasteiger partial charge in [0.25, 0.3) is 0 Å². The van der Waals surface area contributed by atoms with Gasteiger partial charge in [-0.15, -0.1) is 10.2 Å². The molecule has 0 saturated carbocycles. The molecule has 2 aromatic heterocycles. The summed E-state index contributed by atoms with van der Waals surface area (Å²) < 4.78 is 1.49. The lowest BCUT2D eigenvalue weighted by Gasteiger charge is -1.99. The molecule has 0 saturated heterocycles. The Kier molecular flexibility index (Phi) is 1.56. The van der Waals surface area contributed by atoms with Crippen LogP contribution in [0.15, 0.2) is 24.4 Å². The topological polar surface area (TPSA) is 87.1 Å². The highest BCUT2D eigenvalue weighted by Gasteiger charge is 2.09. The van der Waals surface area contributed by atoms with E-state index in [1.54, 1.807) is 6.07 Å². The Morgan fingerprint density at radius 3 is 3.00 bits per heavy atom. The van der Waals surface area contributed by atoms with Crippen LogP contribution in [0, 0.1) is 11.3 Å². The average molecular weight is 211 g/mol. The van der Waals surface area contributed by atoms with Crippen molar-refractivity contribution in [3.8, 4) is 11.8 Å². The highest BCUT2D eigenvalue weighted by atomic mass is 16.3.